The van der Waals surface area contributed by atoms with Crippen molar-refractivity contribution in [1.29, 1.82) is 0 Å². The summed E-state index contributed by atoms with van der Waals surface area (Å²) in [5, 5.41) is 0. The highest BCUT2D eigenvalue weighted by Gasteiger charge is 1.93. The lowest BCUT2D eigenvalue weighted by Crippen LogP contribution is -2.07. The average molecular weight is 170 g/mol. The maximum atomic E-state index is 7.09. The molecule has 60 valence electrons. The van der Waals surface area contributed by atoms with Crippen LogP contribution < -0.4 is 4.90 Å². The van der Waals surface area contributed by atoms with Crippen LogP contribution in [-0.4, -0.2) is 20.3 Å². The highest BCUT2D eigenvalue weighted by molar-refractivity contribution is 7.98. The van der Waals surface area contributed by atoms with E-state index in [1.54, 1.807) is 0 Å². The Bertz CT molecular complexity index is 292. The van der Waals surface area contributed by atoms with Crippen molar-refractivity contribution in [1.82, 2.24) is 0 Å². The molecule has 0 radical (unpaired) electrons. The molecular formula is C9H13NS. The van der Waals surface area contributed by atoms with Gasteiger partial charge in [-0.3, -0.25) is 0 Å². The topological polar surface area (TPSA) is 3.24 Å². The predicted octanol–water partition coefficient (Wildman–Crippen LogP) is 2.47. The van der Waals surface area contributed by atoms with E-state index in [4.69, 9.17) is 4.11 Å². The Morgan fingerprint density at radius 3 is 2.36 bits per heavy atom. The SMILES string of the molecule is [2H]C([2H])([2H])Sc1ccc(N(C)C)cc1. The van der Waals surface area contributed by atoms with Crippen LogP contribution in [0.15, 0.2) is 29.2 Å². The number of benzene rings is 1. The molecule has 11 heavy (non-hydrogen) atoms. The van der Waals surface area contributed by atoms with Crippen molar-refractivity contribution in [2.45, 2.75) is 4.90 Å². The van der Waals surface area contributed by atoms with Crippen LogP contribution in [0.4, 0.5) is 5.69 Å². The van der Waals surface area contributed by atoms with Crippen molar-refractivity contribution < 1.29 is 4.11 Å². The van der Waals surface area contributed by atoms with Gasteiger partial charge in [0.25, 0.3) is 0 Å². The van der Waals surface area contributed by atoms with Crippen LogP contribution in [0.3, 0.4) is 0 Å². The first-order valence-electron chi connectivity index (χ1n) is 4.85. The van der Waals surface area contributed by atoms with E-state index in [0.29, 0.717) is 0 Å². The zero-order valence-electron chi connectivity index (χ0n) is 9.66. The van der Waals surface area contributed by atoms with Crippen molar-refractivity contribution >= 4 is 17.4 Å². The lowest BCUT2D eigenvalue weighted by Gasteiger charge is -2.11. The summed E-state index contributed by atoms with van der Waals surface area (Å²) in [6.45, 7) is 0. The summed E-state index contributed by atoms with van der Waals surface area (Å²) in [7, 11) is 3.90. The minimum atomic E-state index is -1.96. The first-order valence-corrected chi connectivity index (χ1v) is 4.16. The fraction of sp³-hybridized carbons (Fsp3) is 0.333. The van der Waals surface area contributed by atoms with Crippen LogP contribution in [0.1, 0.15) is 4.11 Å². The fourth-order valence-electron chi connectivity index (χ4n) is 0.812. The Morgan fingerprint density at radius 2 is 1.91 bits per heavy atom. The standard InChI is InChI=1S/C9H13NS/c1-10(2)8-4-6-9(11-3)7-5-8/h4-7H,1-3H3/i3D3. The summed E-state index contributed by atoms with van der Waals surface area (Å²) in [6.07, 6.45) is -1.96. The molecule has 0 saturated carbocycles. The molecule has 0 aliphatic rings. The van der Waals surface area contributed by atoms with Gasteiger partial charge in [-0.25, -0.2) is 0 Å². The molecule has 0 bridgehead atoms. The molecule has 0 spiro atoms. The molecule has 0 fully saturated rings. The van der Waals surface area contributed by atoms with Gasteiger partial charge in [0.2, 0.25) is 0 Å². The molecule has 2 heteroatoms. The number of anilines is 1. The maximum absolute atomic E-state index is 7.09. The molecule has 0 aromatic heterocycles. The number of rotatable bonds is 2. The molecule has 1 aromatic rings. The molecule has 1 aromatic carbocycles. The predicted molar refractivity (Wildman–Crippen MR) is 52.6 cm³/mol. The van der Waals surface area contributed by atoms with E-state index in [1.165, 1.54) is 0 Å². The van der Waals surface area contributed by atoms with Crippen molar-refractivity contribution in [3.05, 3.63) is 24.3 Å². The van der Waals surface area contributed by atoms with Crippen LogP contribution in [0.2, 0.25) is 0 Å². The number of hydrogen-bond donors (Lipinski definition) is 0. The van der Waals surface area contributed by atoms with Crippen molar-refractivity contribution in [2.24, 2.45) is 0 Å². The Labute approximate surface area is 76.6 Å². The van der Waals surface area contributed by atoms with Crippen LogP contribution in [0.25, 0.3) is 0 Å². The van der Waals surface area contributed by atoms with Gasteiger partial charge in [0.1, 0.15) is 0 Å². The van der Waals surface area contributed by atoms with Crippen LogP contribution in [0, 0.1) is 0 Å². The Hall–Kier alpha value is -0.630. The number of thioether (sulfide) groups is 1. The summed E-state index contributed by atoms with van der Waals surface area (Å²) in [5.74, 6) is 0. The molecule has 1 nitrogen and oxygen atoms in total. The van der Waals surface area contributed by atoms with Gasteiger partial charge in [-0.1, -0.05) is 0 Å². The Balaban J connectivity index is 2.74. The molecular weight excluding hydrogens is 154 g/mol. The van der Waals surface area contributed by atoms with Gasteiger partial charge in [-0.2, -0.15) is 0 Å². The first-order chi connectivity index (χ1) is 6.38. The smallest absolute Gasteiger partial charge is 0.0361 e. The van der Waals surface area contributed by atoms with Gasteiger partial charge in [-0.05, 0) is 30.4 Å². The minimum absolute atomic E-state index is 0.774. The second-order valence-corrected chi connectivity index (χ2v) is 3.17. The summed E-state index contributed by atoms with van der Waals surface area (Å²) in [4.78, 5) is 2.75. The summed E-state index contributed by atoms with van der Waals surface area (Å²) in [6, 6.07) is 7.47. The van der Waals surface area contributed by atoms with Gasteiger partial charge >= 0.3 is 0 Å². The van der Waals surface area contributed by atoms with Crippen LogP contribution >= 0.6 is 11.8 Å². The molecule has 1 rings (SSSR count). The zero-order chi connectivity index (χ0) is 10.8. The zero-order valence-corrected chi connectivity index (χ0v) is 7.48. The fourth-order valence-corrected chi connectivity index (χ4v) is 1.08. The number of nitrogens with zero attached hydrogens (tertiary/aromatic N) is 1. The molecule has 0 aliphatic heterocycles. The van der Waals surface area contributed by atoms with E-state index >= 15 is 0 Å². The van der Waals surface area contributed by atoms with Gasteiger partial charge in [0.15, 0.2) is 0 Å². The Morgan fingerprint density at radius 1 is 1.27 bits per heavy atom. The van der Waals surface area contributed by atoms with E-state index < -0.39 is 6.18 Å². The molecule has 0 N–H and O–H groups in total. The summed E-state index contributed by atoms with van der Waals surface area (Å²) in [5.41, 5.74) is 1.07. The normalized spacial score (nSPS) is 14.9. The third kappa shape index (κ3) is 2.15. The van der Waals surface area contributed by atoms with Crippen molar-refractivity contribution in [2.75, 3.05) is 25.2 Å². The monoisotopic (exact) mass is 170 g/mol. The van der Waals surface area contributed by atoms with E-state index in [2.05, 4.69) is 0 Å². The second kappa shape index (κ2) is 3.67. The third-order valence-corrected chi connectivity index (χ3v) is 1.98. The second-order valence-electron chi connectivity index (χ2n) is 2.49. The van der Waals surface area contributed by atoms with Crippen LogP contribution in [0.5, 0.6) is 0 Å². The van der Waals surface area contributed by atoms with E-state index in [-0.39, 0.29) is 0 Å². The van der Waals surface area contributed by atoms with Gasteiger partial charge in [0, 0.05) is 28.8 Å². The van der Waals surface area contributed by atoms with E-state index in [0.717, 1.165) is 22.3 Å². The third-order valence-electron chi connectivity index (χ3n) is 1.47. The lowest BCUT2D eigenvalue weighted by molar-refractivity contribution is 1.13. The maximum Gasteiger partial charge on any atom is 0.0361 e. The van der Waals surface area contributed by atoms with Crippen molar-refractivity contribution in [3.63, 3.8) is 0 Å². The van der Waals surface area contributed by atoms with E-state index in [9.17, 15) is 0 Å². The van der Waals surface area contributed by atoms with E-state index in [1.807, 2.05) is 43.3 Å². The van der Waals surface area contributed by atoms with Crippen molar-refractivity contribution in [3.8, 4) is 0 Å². The highest BCUT2D eigenvalue weighted by atomic mass is 32.2. The molecule has 0 saturated heterocycles. The quantitative estimate of drug-likeness (QED) is 0.627. The molecule has 0 unspecified atom stereocenters. The summed E-state index contributed by atoms with van der Waals surface area (Å²) < 4.78 is 21.3. The molecule has 0 atom stereocenters. The Kier molecular flexibility index (Phi) is 1.70. The highest BCUT2D eigenvalue weighted by Crippen LogP contribution is 2.18. The minimum Gasteiger partial charge on any atom is -0.378 e. The van der Waals surface area contributed by atoms with Crippen LogP contribution in [-0.2, 0) is 0 Å². The molecule has 0 aliphatic carbocycles. The van der Waals surface area contributed by atoms with Gasteiger partial charge in [-0.15, -0.1) is 11.8 Å². The van der Waals surface area contributed by atoms with Gasteiger partial charge in [0.05, 0.1) is 0 Å². The van der Waals surface area contributed by atoms with Gasteiger partial charge < -0.3 is 4.90 Å². The average Bonchev–Trinajstić information content (AvgIpc) is 2.02. The molecule has 0 amide bonds. The summed E-state index contributed by atoms with van der Waals surface area (Å²) >= 11 is 0.903. The first kappa shape index (κ1) is 5.09. The number of hydrogen-bond acceptors (Lipinski definition) is 2. The molecule has 0 heterocycles. The largest absolute Gasteiger partial charge is 0.378 e. The lowest BCUT2D eigenvalue weighted by atomic mass is 10.3.